The quantitative estimate of drug-likeness (QED) is 0.155. The van der Waals surface area contributed by atoms with Crippen LogP contribution in [0.25, 0.3) is 171 Å². The summed E-state index contributed by atoms with van der Waals surface area (Å²) in [5.74, 6) is 1.38. The van der Waals surface area contributed by atoms with Crippen molar-refractivity contribution in [3.8, 4) is 66.8 Å². The fourth-order valence-corrected chi connectivity index (χ4v) is 14.7. The Balaban J connectivity index is 0.000000131. The van der Waals surface area contributed by atoms with E-state index in [1.165, 1.54) is 138 Å². The van der Waals surface area contributed by atoms with Crippen LogP contribution in [0.2, 0.25) is 0 Å². The highest BCUT2D eigenvalue weighted by Crippen LogP contribution is 2.56. The monoisotopic (exact) mass is 1110 g/mol. The summed E-state index contributed by atoms with van der Waals surface area (Å²) in [5.41, 5.74) is 21.7. The van der Waals surface area contributed by atoms with Crippen LogP contribution in [0.4, 0.5) is 0 Å². The van der Waals surface area contributed by atoms with Crippen LogP contribution < -0.4 is 0 Å². The highest BCUT2D eigenvalue weighted by molar-refractivity contribution is 6.24. The molecule has 87 heavy (non-hydrogen) atoms. The SMILES string of the molecule is C1=CC2CC2c2c1cccc2-c1cccc(-c2c3ccccc3c(-c3ccc4oc5ccccc5c4c3)c3ccccc23)c1.c1ccc2cc(-c3ccc(-c4c5ccccc5c(-c5ccc6oc7ccccc7c6c5)c5ccccc45)cc3)ccc2c1. The molecule has 0 bridgehead atoms. The minimum atomic E-state index is 0.667. The van der Waals surface area contributed by atoms with E-state index < -0.39 is 0 Å². The second kappa shape index (κ2) is 19.8. The standard InChI is InChI=1S/C43H28O.C42H26O/c1-3-15-35-33(13-1)42(29-11-7-10-27(23-29)31-17-8-9-26-19-20-28-24-37(28)41(26)31)34-14-2-4-16-36(34)43(35)30-21-22-40-38(25-30)32-12-5-6-18-39(32)44-40;1-2-10-30-25-31(22-19-27(30)9-1)28-17-20-29(21-18-28)41-34-12-3-5-14-36(34)42(37-15-6-4-13-35(37)41)32-23-24-40-38(26-32)33-11-7-8-16-39(33)43-40/h1-23,25,28,37H,24H2;1-26H. The molecule has 2 heterocycles. The zero-order chi connectivity index (χ0) is 57.1. The predicted octanol–water partition coefficient (Wildman–Crippen LogP) is 24.1. The molecule has 406 valence electrons. The maximum absolute atomic E-state index is 6.18. The Morgan fingerprint density at radius 1 is 0.253 bits per heavy atom. The third-order valence-corrected chi connectivity index (χ3v) is 18.8. The fraction of sp³-hybridized carbons (Fsp3) is 0.0353. The van der Waals surface area contributed by atoms with Gasteiger partial charge in [0.05, 0.1) is 0 Å². The molecule has 2 atom stereocenters. The summed E-state index contributed by atoms with van der Waals surface area (Å²) in [7, 11) is 0. The Hall–Kier alpha value is -11.1. The first-order valence-corrected chi connectivity index (χ1v) is 30.4. The van der Waals surface area contributed by atoms with E-state index in [0.717, 1.165) is 43.9 Å². The van der Waals surface area contributed by atoms with Crippen LogP contribution in [0.3, 0.4) is 0 Å². The van der Waals surface area contributed by atoms with E-state index in [1.54, 1.807) is 0 Å². The predicted molar refractivity (Wildman–Crippen MR) is 367 cm³/mol. The first-order chi connectivity index (χ1) is 43.1. The normalized spacial score (nSPS) is 14.3. The summed E-state index contributed by atoms with van der Waals surface area (Å²) >= 11 is 0. The average molecular weight is 1110 g/mol. The topological polar surface area (TPSA) is 26.3 Å². The molecule has 0 saturated heterocycles. The number of hydrogen-bond donors (Lipinski definition) is 0. The Morgan fingerprint density at radius 2 is 0.655 bits per heavy atom. The number of fused-ring (bicyclic) bond motifs is 14. The van der Waals surface area contributed by atoms with Crippen molar-refractivity contribution in [1.82, 2.24) is 0 Å². The highest BCUT2D eigenvalue weighted by atomic mass is 16.3. The smallest absolute Gasteiger partial charge is 0.135 e. The zero-order valence-corrected chi connectivity index (χ0v) is 47.5. The molecule has 2 aliphatic rings. The number of allylic oxidation sites excluding steroid dienone is 1. The lowest BCUT2D eigenvalue weighted by molar-refractivity contribution is 0.668. The second-order valence-electron chi connectivity index (χ2n) is 23.7. The Bertz CT molecular complexity index is 5580. The van der Waals surface area contributed by atoms with Crippen molar-refractivity contribution in [3.63, 3.8) is 0 Å². The van der Waals surface area contributed by atoms with Gasteiger partial charge in [-0.3, -0.25) is 0 Å². The van der Waals surface area contributed by atoms with E-state index in [1.807, 2.05) is 24.3 Å². The largest absolute Gasteiger partial charge is 0.456 e. The number of para-hydroxylation sites is 2. The molecular weight excluding hydrogens is 1050 g/mol. The van der Waals surface area contributed by atoms with Crippen molar-refractivity contribution in [1.29, 1.82) is 0 Å². The van der Waals surface area contributed by atoms with Gasteiger partial charge in [0.25, 0.3) is 0 Å². The Kier molecular flexibility index (Phi) is 11.2. The summed E-state index contributed by atoms with van der Waals surface area (Å²) in [5, 5.41) is 17.2. The molecule has 2 unspecified atom stereocenters. The van der Waals surface area contributed by atoms with Crippen molar-refractivity contribution in [3.05, 3.63) is 308 Å². The Labute approximate surface area is 503 Å². The van der Waals surface area contributed by atoms with Gasteiger partial charge in [-0.05, 0) is 199 Å². The molecule has 19 rings (SSSR count). The maximum Gasteiger partial charge on any atom is 0.135 e. The first kappa shape index (κ1) is 49.4. The van der Waals surface area contributed by atoms with Crippen molar-refractivity contribution in [2.75, 3.05) is 0 Å². The third kappa shape index (κ3) is 8.09. The molecule has 0 spiro atoms. The van der Waals surface area contributed by atoms with Gasteiger partial charge >= 0.3 is 0 Å². The van der Waals surface area contributed by atoms with Gasteiger partial charge in [-0.2, -0.15) is 0 Å². The van der Waals surface area contributed by atoms with Gasteiger partial charge in [-0.1, -0.05) is 255 Å². The van der Waals surface area contributed by atoms with Gasteiger partial charge in [0, 0.05) is 21.5 Å². The lowest BCUT2D eigenvalue weighted by atomic mass is 9.84. The summed E-state index contributed by atoms with van der Waals surface area (Å²) < 4.78 is 12.3. The van der Waals surface area contributed by atoms with Gasteiger partial charge in [0.1, 0.15) is 22.3 Å². The van der Waals surface area contributed by atoms with E-state index in [9.17, 15) is 0 Å². The van der Waals surface area contributed by atoms with Gasteiger partial charge in [-0.15, -0.1) is 0 Å². The molecule has 2 aromatic heterocycles. The molecule has 0 aliphatic heterocycles. The van der Waals surface area contributed by atoms with Crippen LogP contribution in [0.5, 0.6) is 0 Å². The van der Waals surface area contributed by atoms with E-state index in [0.29, 0.717) is 11.8 Å². The molecule has 0 amide bonds. The fourth-order valence-electron chi connectivity index (χ4n) is 14.7. The summed E-state index contributed by atoms with van der Waals surface area (Å²) in [4.78, 5) is 0. The van der Waals surface area contributed by atoms with Gasteiger partial charge in [0.15, 0.2) is 0 Å². The number of furan rings is 2. The molecule has 2 heteroatoms. The van der Waals surface area contributed by atoms with Crippen LogP contribution >= 0.6 is 0 Å². The van der Waals surface area contributed by atoms with Crippen molar-refractivity contribution in [2.45, 2.75) is 12.3 Å². The van der Waals surface area contributed by atoms with Gasteiger partial charge in [0.2, 0.25) is 0 Å². The van der Waals surface area contributed by atoms with Crippen molar-refractivity contribution < 1.29 is 8.83 Å². The Morgan fingerprint density at radius 3 is 1.20 bits per heavy atom. The number of rotatable bonds is 6. The summed E-state index contributed by atoms with van der Waals surface area (Å²) in [6.45, 7) is 0. The maximum atomic E-state index is 6.18. The first-order valence-electron chi connectivity index (χ1n) is 30.4. The van der Waals surface area contributed by atoms with Crippen LogP contribution in [-0.4, -0.2) is 0 Å². The number of hydrogen-bond acceptors (Lipinski definition) is 2. The molecule has 17 aromatic rings. The summed E-state index contributed by atoms with van der Waals surface area (Å²) in [6, 6.07) is 106. The highest BCUT2D eigenvalue weighted by Gasteiger charge is 2.41. The van der Waals surface area contributed by atoms with E-state index in [2.05, 4.69) is 279 Å². The molecule has 0 N–H and O–H groups in total. The van der Waals surface area contributed by atoms with E-state index >= 15 is 0 Å². The lowest BCUT2D eigenvalue weighted by Crippen LogP contribution is -1.96. The lowest BCUT2D eigenvalue weighted by Gasteiger charge is -2.19. The van der Waals surface area contributed by atoms with E-state index in [4.69, 9.17) is 8.83 Å². The second-order valence-corrected chi connectivity index (χ2v) is 23.7. The van der Waals surface area contributed by atoms with Crippen LogP contribution in [0, 0.1) is 5.92 Å². The molecule has 1 saturated carbocycles. The molecule has 2 nitrogen and oxygen atoms in total. The minimum absolute atomic E-state index is 0.667. The molecule has 2 aliphatic carbocycles. The third-order valence-electron chi connectivity index (χ3n) is 18.8. The van der Waals surface area contributed by atoms with Crippen LogP contribution in [-0.2, 0) is 0 Å². The molecule has 0 radical (unpaired) electrons. The summed E-state index contributed by atoms with van der Waals surface area (Å²) in [6.07, 6.45) is 6.01. The molecule has 1 fully saturated rings. The van der Waals surface area contributed by atoms with Crippen molar-refractivity contribution in [2.24, 2.45) is 5.92 Å². The average Bonchev–Trinajstić information content (AvgIpc) is 2.21. The van der Waals surface area contributed by atoms with Crippen molar-refractivity contribution >= 4 is 104 Å². The van der Waals surface area contributed by atoms with Gasteiger partial charge in [-0.25, -0.2) is 0 Å². The molecular formula is C85H54O2. The molecule has 15 aromatic carbocycles. The minimum Gasteiger partial charge on any atom is -0.456 e. The van der Waals surface area contributed by atoms with E-state index in [-0.39, 0.29) is 0 Å². The van der Waals surface area contributed by atoms with Crippen LogP contribution in [0.15, 0.2) is 306 Å². The zero-order valence-electron chi connectivity index (χ0n) is 47.5. The number of benzene rings is 15. The van der Waals surface area contributed by atoms with Crippen LogP contribution in [0.1, 0.15) is 23.5 Å². The van der Waals surface area contributed by atoms with Gasteiger partial charge < -0.3 is 8.83 Å².